The van der Waals surface area contributed by atoms with Crippen LogP contribution in [0, 0.1) is 5.41 Å². The van der Waals surface area contributed by atoms with Crippen molar-refractivity contribution in [3.63, 3.8) is 0 Å². The quantitative estimate of drug-likeness (QED) is 0.132. The lowest BCUT2D eigenvalue weighted by molar-refractivity contribution is -0.147. The Labute approximate surface area is 311 Å². The molecule has 1 atom stereocenters. The lowest BCUT2D eigenvalue weighted by Crippen LogP contribution is -2.52. The Morgan fingerprint density at radius 3 is 2.62 bits per heavy atom. The number of allylic oxidation sites excluding steroid dienone is 1. The number of piperidine rings is 2. The first-order chi connectivity index (χ1) is 25.5. The van der Waals surface area contributed by atoms with Gasteiger partial charge in [-0.15, -0.1) is 0 Å². The molecule has 12 nitrogen and oxygen atoms in total. The van der Waals surface area contributed by atoms with Crippen LogP contribution in [0.5, 0.6) is 0 Å². The Hall–Kier alpha value is -5.57. The first kappa shape index (κ1) is 35.8. The predicted octanol–water partition coefficient (Wildman–Crippen LogP) is 4.81. The summed E-state index contributed by atoms with van der Waals surface area (Å²) in [7, 11) is 0. The van der Waals surface area contributed by atoms with Gasteiger partial charge in [-0.25, -0.2) is 4.98 Å². The zero-order chi connectivity index (χ0) is 37.3. The highest BCUT2D eigenvalue weighted by Gasteiger charge is 2.42. The van der Waals surface area contributed by atoms with Crippen LogP contribution in [0.2, 0.25) is 0 Å². The maximum atomic E-state index is 15.5. The summed E-state index contributed by atoms with van der Waals surface area (Å²) in [4.78, 5) is 62.3. The van der Waals surface area contributed by atoms with Crippen molar-refractivity contribution in [2.24, 2.45) is 0 Å². The van der Waals surface area contributed by atoms with Crippen molar-refractivity contribution in [1.82, 2.24) is 30.8 Å². The van der Waals surface area contributed by atoms with Gasteiger partial charge >= 0.3 is 5.92 Å². The van der Waals surface area contributed by atoms with Crippen LogP contribution in [0.15, 0.2) is 77.5 Å². The van der Waals surface area contributed by atoms with Gasteiger partial charge < -0.3 is 25.8 Å². The summed E-state index contributed by atoms with van der Waals surface area (Å²) in [6, 6.07) is 15.6. The number of benzene rings is 3. The van der Waals surface area contributed by atoms with E-state index in [1.54, 1.807) is 36.7 Å². The summed E-state index contributed by atoms with van der Waals surface area (Å²) in [6.07, 6.45) is 6.42. The molecule has 3 aromatic carbocycles. The number of para-hydroxylation sites is 1. The van der Waals surface area contributed by atoms with E-state index in [9.17, 15) is 19.2 Å². The Bertz CT molecular complexity index is 2170. The molecule has 0 spiro atoms. The van der Waals surface area contributed by atoms with Crippen LogP contribution < -0.4 is 20.9 Å². The van der Waals surface area contributed by atoms with E-state index in [0.29, 0.717) is 52.3 Å². The number of anilines is 1. The van der Waals surface area contributed by atoms with Gasteiger partial charge in [-0.05, 0) is 76.7 Å². The summed E-state index contributed by atoms with van der Waals surface area (Å²) in [6.45, 7) is 1.14. The second-order valence-corrected chi connectivity index (χ2v) is 14.1. The van der Waals surface area contributed by atoms with Gasteiger partial charge in [-0.2, -0.15) is 8.78 Å². The van der Waals surface area contributed by atoms with Crippen LogP contribution in [-0.2, 0) is 33.4 Å². The Morgan fingerprint density at radius 1 is 1.06 bits per heavy atom. The molecule has 4 heterocycles. The SMILES string of the molecule is N=C/C(=C\NC1CCN(c2cccc(C(F)(F)C(=O)NCc3ccc4c(c3)CN(C3CCC(=O)NC3=O)C4=O)c2)CC1)c1cnc2cccc(Br)c2n1. The highest BCUT2D eigenvalue weighted by atomic mass is 79.9. The predicted molar refractivity (Wildman–Crippen MR) is 197 cm³/mol. The van der Waals surface area contributed by atoms with Gasteiger partial charge in [0, 0.05) is 77.9 Å². The molecule has 3 aliphatic heterocycles. The number of nitrogens with one attached hydrogen (secondary N) is 4. The summed E-state index contributed by atoms with van der Waals surface area (Å²) >= 11 is 3.50. The van der Waals surface area contributed by atoms with E-state index in [1.807, 2.05) is 23.1 Å². The third kappa shape index (κ3) is 7.38. The normalized spacial score (nSPS) is 18.2. The number of aromatic nitrogens is 2. The second kappa shape index (κ2) is 14.8. The number of rotatable bonds is 10. The van der Waals surface area contributed by atoms with Crippen molar-refractivity contribution >= 4 is 68.1 Å². The number of alkyl halides is 2. The molecule has 0 radical (unpaired) electrons. The average molecular weight is 786 g/mol. The molecule has 2 fully saturated rings. The van der Waals surface area contributed by atoms with E-state index in [-0.39, 0.29) is 43.8 Å². The number of hydrogen-bond donors (Lipinski definition) is 4. The first-order valence-electron chi connectivity index (χ1n) is 17.2. The van der Waals surface area contributed by atoms with Crippen LogP contribution in [0.3, 0.4) is 0 Å². The van der Waals surface area contributed by atoms with Gasteiger partial charge in [0.15, 0.2) is 0 Å². The molecular formula is C38H35BrF2N8O4. The van der Waals surface area contributed by atoms with Gasteiger partial charge in [-0.1, -0.05) is 30.3 Å². The van der Waals surface area contributed by atoms with Crippen molar-refractivity contribution in [2.45, 2.75) is 56.8 Å². The molecule has 0 aliphatic carbocycles. The molecule has 4 aromatic rings. The molecule has 1 aromatic heterocycles. The third-order valence-corrected chi connectivity index (χ3v) is 10.5. The number of carbonyl (C=O) groups is 4. The van der Waals surface area contributed by atoms with E-state index in [1.165, 1.54) is 29.3 Å². The number of carbonyl (C=O) groups excluding carboxylic acids is 4. The zero-order valence-electron chi connectivity index (χ0n) is 28.4. The Morgan fingerprint density at radius 2 is 1.85 bits per heavy atom. The minimum atomic E-state index is -3.81. The van der Waals surface area contributed by atoms with Crippen molar-refractivity contribution in [2.75, 3.05) is 18.0 Å². The van der Waals surface area contributed by atoms with E-state index in [2.05, 4.69) is 41.8 Å². The second-order valence-electron chi connectivity index (χ2n) is 13.2. The molecule has 272 valence electrons. The lowest BCUT2D eigenvalue weighted by atomic mass is 10.0. The molecule has 0 bridgehead atoms. The molecule has 1 unspecified atom stereocenters. The highest BCUT2D eigenvalue weighted by Crippen LogP contribution is 2.33. The van der Waals surface area contributed by atoms with Crippen LogP contribution in [0.4, 0.5) is 14.5 Å². The van der Waals surface area contributed by atoms with E-state index in [4.69, 9.17) is 5.41 Å². The molecule has 4 amide bonds. The Kier molecular flexibility index (Phi) is 10.0. The fourth-order valence-corrected chi connectivity index (χ4v) is 7.34. The largest absolute Gasteiger partial charge is 0.387 e. The molecular weight excluding hydrogens is 750 g/mol. The summed E-state index contributed by atoms with van der Waals surface area (Å²) < 4.78 is 31.9. The Balaban J connectivity index is 0.938. The molecule has 53 heavy (non-hydrogen) atoms. The maximum Gasteiger partial charge on any atom is 0.349 e. The van der Waals surface area contributed by atoms with Gasteiger partial charge in [0.25, 0.3) is 11.8 Å². The highest BCUT2D eigenvalue weighted by molar-refractivity contribution is 9.10. The topological polar surface area (TPSA) is 160 Å². The third-order valence-electron chi connectivity index (χ3n) is 9.84. The minimum Gasteiger partial charge on any atom is -0.387 e. The van der Waals surface area contributed by atoms with Crippen LogP contribution in [0.25, 0.3) is 16.6 Å². The molecule has 15 heteroatoms. The van der Waals surface area contributed by atoms with E-state index in [0.717, 1.165) is 22.8 Å². The summed E-state index contributed by atoms with van der Waals surface area (Å²) in [5.41, 5.74) is 4.29. The van der Waals surface area contributed by atoms with Crippen molar-refractivity contribution in [3.05, 3.63) is 105 Å². The smallest absolute Gasteiger partial charge is 0.349 e. The zero-order valence-corrected chi connectivity index (χ0v) is 30.0. The van der Waals surface area contributed by atoms with Crippen molar-refractivity contribution < 1.29 is 28.0 Å². The number of nitrogens with zero attached hydrogens (tertiary/aromatic N) is 4. The van der Waals surface area contributed by atoms with E-state index >= 15 is 8.78 Å². The summed E-state index contributed by atoms with van der Waals surface area (Å²) in [5, 5.41) is 15.9. The number of hydrogen-bond acceptors (Lipinski definition) is 9. The molecule has 2 saturated heterocycles. The standard InChI is InChI=1S/C38H35BrF2N8O4/c39-29-5-2-6-30-34(29)46-31(20-44-30)24(17-42)19-43-26-11-13-48(14-12-26)27-4-1-3-25(16-27)38(40,41)37(53)45-18-22-7-8-28-23(15-22)21-49(36(28)52)32-9-10-33(50)47-35(32)51/h1-8,15-17,19-20,26,32,42-43H,9-14,18,21H2,(H,45,53)(H,47,50,51)/b24-19+,42-17?. The van der Waals surface area contributed by atoms with Crippen LogP contribution >= 0.6 is 15.9 Å². The molecule has 3 aliphatic rings. The van der Waals surface area contributed by atoms with Gasteiger partial charge in [0.2, 0.25) is 11.8 Å². The molecule has 0 saturated carbocycles. The first-order valence-corrected chi connectivity index (χ1v) is 18.0. The molecule has 4 N–H and O–H groups in total. The van der Waals surface area contributed by atoms with Gasteiger partial charge in [0.05, 0.1) is 17.4 Å². The van der Waals surface area contributed by atoms with Crippen molar-refractivity contribution in [3.8, 4) is 0 Å². The monoisotopic (exact) mass is 784 g/mol. The average Bonchev–Trinajstić information content (AvgIpc) is 3.49. The number of amides is 4. The van der Waals surface area contributed by atoms with Gasteiger partial charge in [-0.3, -0.25) is 29.5 Å². The maximum absolute atomic E-state index is 15.5. The number of imide groups is 1. The molecule has 7 rings (SSSR count). The van der Waals surface area contributed by atoms with E-state index < -0.39 is 29.3 Å². The fourth-order valence-electron chi connectivity index (χ4n) is 6.90. The number of fused-ring (bicyclic) bond motifs is 2. The summed E-state index contributed by atoms with van der Waals surface area (Å²) in [5.74, 6) is -6.49. The minimum absolute atomic E-state index is 0.0922. The van der Waals surface area contributed by atoms with Gasteiger partial charge in [0.1, 0.15) is 11.6 Å². The van der Waals surface area contributed by atoms with Crippen molar-refractivity contribution in [1.29, 1.82) is 5.41 Å². The van der Waals surface area contributed by atoms with Crippen LogP contribution in [-0.4, -0.2) is 69.9 Å². The fraction of sp³-hybridized carbons (Fsp3) is 0.289. The number of halogens is 3. The van der Waals surface area contributed by atoms with Crippen LogP contribution in [0.1, 0.15) is 58.4 Å². The lowest BCUT2D eigenvalue weighted by Gasteiger charge is -2.34.